The summed E-state index contributed by atoms with van der Waals surface area (Å²) in [5, 5.41) is 10.1. The van der Waals surface area contributed by atoms with Crippen molar-refractivity contribution < 1.29 is 9.53 Å². The van der Waals surface area contributed by atoms with Crippen molar-refractivity contribution in [2.75, 3.05) is 7.11 Å². The van der Waals surface area contributed by atoms with Gasteiger partial charge in [-0.05, 0) is 24.6 Å². The van der Waals surface area contributed by atoms with E-state index in [1.54, 1.807) is 6.92 Å². The lowest BCUT2D eigenvalue weighted by molar-refractivity contribution is -0.140. The highest BCUT2D eigenvalue weighted by atomic mass is 32.1. The summed E-state index contributed by atoms with van der Waals surface area (Å²) in [4.78, 5) is 17.6. The minimum atomic E-state index is -1.19. The maximum absolute atomic E-state index is 13.1. The molecule has 1 aromatic heterocycles. The zero-order chi connectivity index (χ0) is 17.2. The topological polar surface area (TPSA) is 63.0 Å². The number of methoxy groups -OCH3 is 1. The molecular weight excluding hydrogens is 320 g/mol. The minimum Gasteiger partial charge on any atom is -0.366 e. The van der Waals surface area contributed by atoms with Crippen LogP contribution in [-0.4, -0.2) is 17.9 Å². The Morgan fingerprint density at radius 1 is 1.21 bits per heavy atom. The number of aromatic nitrogens is 1. The number of ether oxygens (including phenoxy) is 1. The van der Waals surface area contributed by atoms with Crippen molar-refractivity contribution in [3.63, 3.8) is 0 Å². The molecule has 24 heavy (non-hydrogen) atoms. The SMILES string of the molecule is COC(C)(C(=O)C(C#N)c1nc2ccccc2s1)c1ccccc1. The van der Waals surface area contributed by atoms with E-state index in [-0.39, 0.29) is 5.78 Å². The average molecular weight is 336 g/mol. The van der Waals surface area contributed by atoms with Crippen molar-refractivity contribution in [3.8, 4) is 6.07 Å². The summed E-state index contributed by atoms with van der Waals surface area (Å²) in [5.74, 6) is -1.27. The maximum Gasteiger partial charge on any atom is 0.192 e. The summed E-state index contributed by atoms with van der Waals surface area (Å²) in [6, 6.07) is 18.9. The first-order valence-electron chi connectivity index (χ1n) is 7.50. The van der Waals surface area contributed by atoms with Crippen molar-refractivity contribution in [2.24, 2.45) is 0 Å². The fourth-order valence-corrected chi connectivity index (χ4v) is 3.64. The van der Waals surface area contributed by atoms with Gasteiger partial charge in [0, 0.05) is 7.11 Å². The lowest BCUT2D eigenvalue weighted by Gasteiger charge is -2.28. The largest absolute Gasteiger partial charge is 0.366 e. The number of hydrogen-bond donors (Lipinski definition) is 0. The maximum atomic E-state index is 13.1. The summed E-state index contributed by atoms with van der Waals surface area (Å²) in [7, 11) is 1.48. The number of benzene rings is 2. The van der Waals surface area contributed by atoms with E-state index in [0.29, 0.717) is 5.01 Å². The van der Waals surface area contributed by atoms with Crippen LogP contribution in [-0.2, 0) is 15.1 Å². The van der Waals surface area contributed by atoms with Gasteiger partial charge in [-0.1, -0.05) is 42.5 Å². The lowest BCUT2D eigenvalue weighted by Crippen LogP contribution is -2.38. The van der Waals surface area contributed by atoms with Crippen LogP contribution in [0.3, 0.4) is 0 Å². The number of fused-ring (bicyclic) bond motifs is 1. The van der Waals surface area contributed by atoms with Gasteiger partial charge in [-0.15, -0.1) is 11.3 Å². The zero-order valence-corrected chi connectivity index (χ0v) is 14.2. The summed E-state index contributed by atoms with van der Waals surface area (Å²) in [6.07, 6.45) is 0. The first-order valence-corrected chi connectivity index (χ1v) is 8.32. The first-order chi connectivity index (χ1) is 11.6. The van der Waals surface area contributed by atoms with E-state index in [9.17, 15) is 10.1 Å². The fourth-order valence-electron chi connectivity index (χ4n) is 2.63. The van der Waals surface area contributed by atoms with Gasteiger partial charge >= 0.3 is 0 Å². The van der Waals surface area contributed by atoms with Crippen LogP contribution in [0, 0.1) is 11.3 Å². The Balaban J connectivity index is 2.03. The number of para-hydroxylation sites is 1. The number of thiazole rings is 1. The molecule has 2 unspecified atom stereocenters. The van der Waals surface area contributed by atoms with Gasteiger partial charge in [-0.25, -0.2) is 4.98 Å². The average Bonchev–Trinajstić information content (AvgIpc) is 3.06. The molecule has 0 aliphatic carbocycles. The number of rotatable bonds is 5. The number of nitrogens with zero attached hydrogens (tertiary/aromatic N) is 2. The number of hydrogen-bond acceptors (Lipinski definition) is 5. The molecule has 120 valence electrons. The molecule has 0 saturated carbocycles. The number of Topliss-reactive ketones (excluding diaryl/α,β-unsaturated/α-hetero) is 1. The molecule has 0 saturated heterocycles. The molecule has 3 aromatic rings. The Morgan fingerprint density at radius 2 is 1.88 bits per heavy atom. The molecular formula is C19H16N2O2S. The van der Waals surface area contributed by atoms with Gasteiger partial charge in [0.15, 0.2) is 11.7 Å². The van der Waals surface area contributed by atoms with Gasteiger partial charge in [0.2, 0.25) is 0 Å². The highest BCUT2D eigenvalue weighted by molar-refractivity contribution is 7.18. The van der Waals surface area contributed by atoms with Crippen LogP contribution in [0.25, 0.3) is 10.2 Å². The smallest absolute Gasteiger partial charge is 0.192 e. The first kappa shape index (κ1) is 16.3. The monoisotopic (exact) mass is 336 g/mol. The van der Waals surface area contributed by atoms with Crippen LogP contribution < -0.4 is 0 Å². The van der Waals surface area contributed by atoms with E-state index in [0.717, 1.165) is 15.8 Å². The quantitative estimate of drug-likeness (QED) is 0.705. The number of carbonyl (C=O) groups is 1. The van der Waals surface area contributed by atoms with E-state index < -0.39 is 11.5 Å². The highest BCUT2D eigenvalue weighted by Crippen LogP contribution is 2.35. The Kier molecular flexibility index (Phi) is 4.43. The molecule has 0 amide bonds. The molecule has 0 spiro atoms. The van der Waals surface area contributed by atoms with Crippen LogP contribution in [0.1, 0.15) is 23.4 Å². The van der Waals surface area contributed by atoms with E-state index in [2.05, 4.69) is 11.1 Å². The highest BCUT2D eigenvalue weighted by Gasteiger charge is 2.41. The van der Waals surface area contributed by atoms with E-state index in [4.69, 9.17) is 4.74 Å². The minimum absolute atomic E-state index is 0.308. The van der Waals surface area contributed by atoms with Crippen molar-refractivity contribution in [1.29, 1.82) is 5.26 Å². The summed E-state index contributed by atoms with van der Waals surface area (Å²) < 4.78 is 6.50. The van der Waals surface area contributed by atoms with Gasteiger partial charge in [0.05, 0.1) is 16.3 Å². The van der Waals surface area contributed by atoms with Crippen LogP contribution in [0.2, 0.25) is 0 Å². The molecule has 0 bridgehead atoms. The van der Waals surface area contributed by atoms with Crippen LogP contribution >= 0.6 is 11.3 Å². The van der Waals surface area contributed by atoms with Crippen molar-refractivity contribution in [3.05, 3.63) is 65.2 Å². The van der Waals surface area contributed by atoms with Gasteiger partial charge in [-0.3, -0.25) is 4.79 Å². The molecule has 0 radical (unpaired) electrons. The predicted molar refractivity (Wildman–Crippen MR) is 93.8 cm³/mol. The third-order valence-electron chi connectivity index (χ3n) is 4.15. The van der Waals surface area contributed by atoms with Gasteiger partial charge < -0.3 is 4.74 Å². The van der Waals surface area contributed by atoms with E-state index in [1.165, 1.54) is 18.4 Å². The summed E-state index contributed by atoms with van der Waals surface area (Å²) >= 11 is 1.37. The van der Waals surface area contributed by atoms with Crippen molar-refractivity contribution in [1.82, 2.24) is 4.98 Å². The molecule has 1 heterocycles. The molecule has 5 heteroatoms. The van der Waals surface area contributed by atoms with Crippen molar-refractivity contribution >= 4 is 27.3 Å². The second kappa shape index (κ2) is 6.52. The van der Waals surface area contributed by atoms with Crippen molar-refractivity contribution in [2.45, 2.75) is 18.4 Å². The standard InChI is InChI=1S/C19H16N2O2S/c1-19(23-2,13-8-4-3-5-9-13)17(22)14(12-20)18-21-15-10-6-7-11-16(15)24-18/h3-11,14H,1-2H3. The van der Waals surface area contributed by atoms with Crippen LogP contribution in [0.4, 0.5) is 0 Å². The normalized spacial score (nSPS) is 14.7. The third kappa shape index (κ3) is 2.71. The Morgan fingerprint density at radius 3 is 2.50 bits per heavy atom. The molecule has 2 atom stereocenters. The number of nitriles is 1. The lowest BCUT2D eigenvalue weighted by atomic mass is 9.85. The predicted octanol–water partition coefficient (Wildman–Crippen LogP) is 4.03. The van der Waals surface area contributed by atoms with Crippen LogP contribution in [0.5, 0.6) is 0 Å². The van der Waals surface area contributed by atoms with E-state index in [1.807, 2.05) is 54.6 Å². The van der Waals surface area contributed by atoms with Gasteiger partial charge in [-0.2, -0.15) is 5.26 Å². The van der Waals surface area contributed by atoms with Gasteiger partial charge in [0.1, 0.15) is 10.6 Å². The molecule has 0 N–H and O–H groups in total. The van der Waals surface area contributed by atoms with E-state index >= 15 is 0 Å². The molecule has 4 nitrogen and oxygen atoms in total. The second-order valence-electron chi connectivity index (χ2n) is 5.55. The Bertz CT molecular complexity index is 881. The molecule has 3 rings (SSSR count). The van der Waals surface area contributed by atoms with Crippen LogP contribution in [0.15, 0.2) is 54.6 Å². The number of carbonyl (C=O) groups excluding carboxylic acids is 1. The molecule has 0 aliphatic heterocycles. The molecule has 0 aliphatic rings. The third-order valence-corrected chi connectivity index (χ3v) is 5.25. The Hall–Kier alpha value is -2.55. The Labute approximate surface area is 144 Å². The van der Waals surface area contributed by atoms with Gasteiger partial charge in [0.25, 0.3) is 0 Å². The molecule has 2 aromatic carbocycles. The molecule has 0 fully saturated rings. The second-order valence-corrected chi connectivity index (χ2v) is 6.61. The summed E-state index contributed by atoms with van der Waals surface area (Å²) in [6.45, 7) is 1.70. The number of ketones is 1. The fraction of sp³-hybridized carbons (Fsp3) is 0.211. The summed E-state index contributed by atoms with van der Waals surface area (Å²) in [5.41, 5.74) is 0.322. The zero-order valence-electron chi connectivity index (χ0n) is 13.4.